The number of amides is 2. The molecule has 25 heavy (non-hydrogen) atoms. The molecule has 0 fully saturated rings. The van der Waals surface area contributed by atoms with Crippen molar-refractivity contribution in [1.29, 1.82) is 0 Å². The van der Waals surface area contributed by atoms with Crippen molar-refractivity contribution in [1.82, 2.24) is 15.2 Å². The maximum atomic E-state index is 12.2. The number of nitrogens with one attached hydrogen (secondary N) is 1. The first kappa shape index (κ1) is 19.1. The van der Waals surface area contributed by atoms with Gasteiger partial charge in [0.15, 0.2) is 11.5 Å². The number of hydrogen-bond acceptors (Lipinski definition) is 5. The number of carbonyl (C=O) groups is 1. The van der Waals surface area contributed by atoms with Gasteiger partial charge >= 0.3 is 6.03 Å². The standard InChI is InChI=1S/C18H25N3O3S/c1-5-8-24-16-7-6-14(9-17(16)23-4)10-19-18(22)21(3)11-15-12-25-13(2)20-15/h6-7,9,12H,5,8,10-11H2,1-4H3,(H,19,22). The first-order valence-corrected chi connectivity index (χ1v) is 9.11. The fraction of sp³-hybridized carbons (Fsp3) is 0.444. The van der Waals surface area contributed by atoms with E-state index < -0.39 is 0 Å². The predicted octanol–water partition coefficient (Wildman–Crippen LogP) is 3.59. The summed E-state index contributed by atoms with van der Waals surface area (Å²) in [5, 5.41) is 5.88. The Kier molecular flexibility index (Phi) is 7.06. The van der Waals surface area contributed by atoms with Gasteiger partial charge in [-0.05, 0) is 31.0 Å². The van der Waals surface area contributed by atoms with Gasteiger partial charge in [0.1, 0.15) is 0 Å². The smallest absolute Gasteiger partial charge is 0.317 e. The fourth-order valence-corrected chi connectivity index (χ4v) is 2.87. The number of urea groups is 1. The van der Waals surface area contributed by atoms with Crippen LogP contribution < -0.4 is 14.8 Å². The lowest BCUT2D eigenvalue weighted by atomic mass is 10.2. The van der Waals surface area contributed by atoms with Crippen molar-refractivity contribution < 1.29 is 14.3 Å². The van der Waals surface area contributed by atoms with Crippen LogP contribution in [0, 0.1) is 6.92 Å². The Bertz CT molecular complexity index is 703. The second kappa shape index (κ2) is 9.27. The summed E-state index contributed by atoms with van der Waals surface area (Å²) in [6, 6.07) is 5.54. The summed E-state index contributed by atoms with van der Waals surface area (Å²) in [5.41, 5.74) is 1.85. The molecule has 136 valence electrons. The number of rotatable bonds is 8. The molecule has 2 amide bonds. The zero-order valence-corrected chi connectivity index (χ0v) is 16.0. The summed E-state index contributed by atoms with van der Waals surface area (Å²) in [6.45, 7) is 5.57. The first-order valence-electron chi connectivity index (χ1n) is 8.23. The van der Waals surface area contributed by atoms with E-state index in [1.54, 1.807) is 30.4 Å². The molecule has 0 saturated heterocycles. The van der Waals surface area contributed by atoms with E-state index in [1.807, 2.05) is 30.5 Å². The molecular formula is C18H25N3O3S. The molecule has 1 N–H and O–H groups in total. The highest BCUT2D eigenvalue weighted by Gasteiger charge is 2.11. The Labute approximate surface area is 152 Å². The SMILES string of the molecule is CCCOc1ccc(CNC(=O)N(C)Cc2csc(C)n2)cc1OC. The van der Waals surface area contributed by atoms with Crippen molar-refractivity contribution in [2.24, 2.45) is 0 Å². The Hall–Kier alpha value is -2.28. The number of ether oxygens (including phenoxy) is 2. The number of methoxy groups -OCH3 is 1. The Morgan fingerprint density at radius 3 is 2.80 bits per heavy atom. The minimum absolute atomic E-state index is 0.143. The van der Waals surface area contributed by atoms with Gasteiger partial charge in [-0.2, -0.15) is 0 Å². The second-order valence-corrected chi connectivity index (χ2v) is 6.77. The highest BCUT2D eigenvalue weighted by molar-refractivity contribution is 7.09. The van der Waals surface area contributed by atoms with Crippen molar-refractivity contribution in [3.63, 3.8) is 0 Å². The lowest BCUT2D eigenvalue weighted by Crippen LogP contribution is -2.36. The third-order valence-electron chi connectivity index (χ3n) is 3.55. The molecule has 0 bridgehead atoms. The second-order valence-electron chi connectivity index (χ2n) is 5.71. The highest BCUT2D eigenvalue weighted by atomic mass is 32.1. The van der Waals surface area contributed by atoms with Crippen LogP contribution in [-0.4, -0.2) is 36.7 Å². The molecule has 1 heterocycles. The van der Waals surface area contributed by atoms with Crippen LogP contribution in [0.15, 0.2) is 23.6 Å². The lowest BCUT2D eigenvalue weighted by Gasteiger charge is -2.17. The molecule has 1 aromatic carbocycles. The van der Waals surface area contributed by atoms with E-state index in [0.717, 1.165) is 28.4 Å². The molecule has 2 rings (SSSR count). The molecule has 0 atom stereocenters. The van der Waals surface area contributed by atoms with Crippen molar-refractivity contribution in [3.8, 4) is 11.5 Å². The van der Waals surface area contributed by atoms with Crippen molar-refractivity contribution in [2.75, 3.05) is 20.8 Å². The van der Waals surface area contributed by atoms with Gasteiger partial charge in [-0.25, -0.2) is 9.78 Å². The lowest BCUT2D eigenvalue weighted by molar-refractivity contribution is 0.206. The largest absolute Gasteiger partial charge is 0.493 e. The monoisotopic (exact) mass is 363 g/mol. The molecule has 0 unspecified atom stereocenters. The summed E-state index contributed by atoms with van der Waals surface area (Å²) in [6.07, 6.45) is 0.936. The molecule has 0 saturated carbocycles. The van der Waals surface area contributed by atoms with E-state index in [2.05, 4.69) is 17.2 Å². The van der Waals surface area contributed by atoms with Gasteiger partial charge in [0.25, 0.3) is 0 Å². The molecule has 0 aliphatic carbocycles. The normalized spacial score (nSPS) is 10.4. The Morgan fingerprint density at radius 1 is 1.36 bits per heavy atom. The van der Waals surface area contributed by atoms with Crippen LogP contribution in [0.4, 0.5) is 4.79 Å². The average Bonchev–Trinajstić information content (AvgIpc) is 3.02. The number of aryl methyl sites for hydroxylation is 1. The summed E-state index contributed by atoms with van der Waals surface area (Å²) in [7, 11) is 3.37. The van der Waals surface area contributed by atoms with E-state index in [9.17, 15) is 4.79 Å². The summed E-state index contributed by atoms with van der Waals surface area (Å²) < 4.78 is 11.0. The van der Waals surface area contributed by atoms with Crippen LogP contribution in [0.25, 0.3) is 0 Å². The fourth-order valence-electron chi connectivity index (χ4n) is 2.26. The third kappa shape index (κ3) is 5.63. The van der Waals surface area contributed by atoms with Crippen LogP contribution in [0.1, 0.15) is 29.6 Å². The number of carbonyl (C=O) groups excluding carboxylic acids is 1. The van der Waals surface area contributed by atoms with Crippen LogP contribution >= 0.6 is 11.3 Å². The minimum atomic E-state index is -0.143. The van der Waals surface area contributed by atoms with Crippen LogP contribution in [0.2, 0.25) is 0 Å². The van der Waals surface area contributed by atoms with Crippen molar-refractivity contribution in [3.05, 3.63) is 39.8 Å². The molecule has 1 aromatic heterocycles. The van der Waals surface area contributed by atoms with E-state index >= 15 is 0 Å². The predicted molar refractivity (Wildman–Crippen MR) is 99.3 cm³/mol. The van der Waals surface area contributed by atoms with Crippen LogP contribution in [0.3, 0.4) is 0 Å². The molecule has 0 aliphatic rings. The Morgan fingerprint density at radius 2 is 2.16 bits per heavy atom. The van der Waals surface area contributed by atoms with E-state index in [-0.39, 0.29) is 6.03 Å². The average molecular weight is 363 g/mol. The summed E-state index contributed by atoms with van der Waals surface area (Å²) >= 11 is 1.58. The number of thiazole rings is 1. The van der Waals surface area contributed by atoms with Gasteiger partial charge in [-0.15, -0.1) is 11.3 Å². The topological polar surface area (TPSA) is 63.7 Å². The van der Waals surface area contributed by atoms with Gasteiger partial charge < -0.3 is 19.7 Å². The Balaban J connectivity index is 1.90. The third-order valence-corrected chi connectivity index (χ3v) is 4.37. The number of aromatic nitrogens is 1. The maximum absolute atomic E-state index is 12.2. The molecule has 6 nitrogen and oxygen atoms in total. The van der Waals surface area contributed by atoms with Crippen molar-refractivity contribution >= 4 is 17.4 Å². The zero-order valence-electron chi connectivity index (χ0n) is 15.2. The first-order chi connectivity index (χ1) is 12.0. The van der Waals surface area contributed by atoms with E-state index in [1.165, 1.54) is 0 Å². The highest BCUT2D eigenvalue weighted by Crippen LogP contribution is 2.28. The molecule has 0 radical (unpaired) electrons. The number of nitrogens with zero attached hydrogens (tertiary/aromatic N) is 2. The number of hydrogen-bond donors (Lipinski definition) is 1. The van der Waals surface area contributed by atoms with Gasteiger partial charge in [0.2, 0.25) is 0 Å². The zero-order chi connectivity index (χ0) is 18.2. The minimum Gasteiger partial charge on any atom is -0.493 e. The number of benzene rings is 1. The van der Waals surface area contributed by atoms with E-state index in [4.69, 9.17) is 9.47 Å². The molecular weight excluding hydrogens is 338 g/mol. The van der Waals surface area contributed by atoms with Crippen LogP contribution in [-0.2, 0) is 13.1 Å². The van der Waals surface area contributed by atoms with Gasteiger partial charge in [-0.1, -0.05) is 13.0 Å². The summed E-state index contributed by atoms with van der Waals surface area (Å²) in [5.74, 6) is 1.39. The van der Waals surface area contributed by atoms with Gasteiger partial charge in [-0.3, -0.25) is 0 Å². The molecule has 7 heteroatoms. The summed E-state index contributed by atoms with van der Waals surface area (Å²) in [4.78, 5) is 18.2. The molecule has 2 aromatic rings. The molecule has 0 spiro atoms. The van der Waals surface area contributed by atoms with Gasteiger partial charge in [0, 0.05) is 19.0 Å². The quantitative estimate of drug-likeness (QED) is 0.778. The van der Waals surface area contributed by atoms with Crippen molar-refractivity contribution in [2.45, 2.75) is 33.4 Å². The van der Waals surface area contributed by atoms with E-state index in [0.29, 0.717) is 25.4 Å². The van der Waals surface area contributed by atoms with Gasteiger partial charge in [0.05, 0.1) is 31.0 Å². The van der Waals surface area contributed by atoms with Crippen LogP contribution in [0.5, 0.6) is 11.5 Å². The maximum Gasteiger partial charge on any atom is 0.317 e. The molecule has 0 aliphatic heterocycles.